The van der Waals surface area contributed by atoms with E-state index in [0.29, 0.717) is 11.1 Å². The molecule has 0 spiro atoms. The van der Waals surface area contributed by atoms with Crippen molar-refractivity contribution in [3.8, 4) is 0 Å². The van der Waals surface area contributed by atoms with E-state index in [1.54, 1.807) is 0 Å². The van der Waals surface area contributed by atoms with Gasteiger partial charge >= 0.3 is 0 Å². The lowest BCUT2D eigenvalue weighted by Crippen LogP contribution is -1.89. The van der Waals surface area contributed by atoms with Crippen LogP contribution in [0, 0.1) is 0 Å². The first kappa shape index (κ1) is 8.46. The maximum atomic E-state index is 10.9. The van der Waals surface area contributed by atoms with Gasteiger partial charge in [-0.05, 0) is 18.2 Å². The molecule has 1 aromatic heterocycles. The molecule has 1 aromatic carbocycles. The largest absolute Gasteiger partial charge is 0.337 e. The fraction of sp³-hybridized carbons (Fsp3) is 0. The summed E-state index contributed by atoms with van der Waals surface area (Å²) in [4.78, 5) is -0.0163. The second kappa shape index (κ2) is 2.68. The Kier molecular flexibility index (Phi) is 1.74. The Morgan fingerprint density at radius 2 is 2.15 bits per heavy atom. The average Bonchev–Trinajstić information content (AvgIpc) is 2.47. The molecule has 0 saturated carbocycles. The molecule has 0 unspecified atom stereocenters. The van der Waals surface area contributed by atoms with Gasteiger partial charge in [0, 0.05) is 16.0 Å². The zero-order valence-corrected chi connectivity index (χ0v) is 7.71. The van der Waals surface area contributed by atoms with Crippen LogP contribution in [0.1, 0.15) is 0 Å². The molecule has 0 saturated heterocycles. The van der Waals surface area contributed by atoms with Crippen LogP contribution in [0.2, 0.25) is 0 Å². The Morgan fingerprint density at radius 3 is 2.85 bits per heavy atom. The van der Waals surface area contributed by atoms with E-state index in [1.165, 1.54) is 18.2 Å². The maximum absolute atomic E-state index is 10.9. The van der Waals surface area contributed by atoms with Crippen molar-refractivity contribution in [1.82, 2.24) is 10.4 Å². The van der Waals surface area contributed by atoms with Crippen LogP contribution in [-0.2, 0) is 9.05 Å². The summed E-state index contributed by atoms with van der Waals surface area (Å²) >= 11 is 0. The monoisotopic (exact) mass is 218 g/mol. The summed E-state index contributed by atoms with van der Waals surface area (Å²) in [5, 5.41) is 6.81. The van der Waals surface area contributed by atoms with E-state index >= 15 is 0 Å². The SMILES string of the molecule is O=S(=O)(Cl)c1ccc2onnc2c1. The Labute approximate surface area is 77.7 Å². The van der Waals surface area contributed by atoms with Crippen molar-refractivity contribution < 1.29 is 12.9 Å². The van der Waals surface area contributed by atoms with E-state index in [9.17, 15) is 8.42 Å². The number of benzene rings is 1. The van der Waals surface area contributed by atoms with Crippen LogP contribution >= 0.6 is 10.7 Å². The second-order valence-electron chi connectivity index (χ2n) is 2.34. The van der Waals surface area contributed by atoms with Gasteiger partial charge in [0.05, 0.1) is 4.90 Å². The normalized spacial score (nSPS) is 12.1. The van der Waals surface area contributed by atoms with Gasteiger partial charge in [0.15, 0.2) is 5.58 Å². The quantitative estimate of drug-likeness (QED) is 0.672. The van der Waals surface area contributed by atoms with E-state index in [4.69, 9.17) is 10.7 Å². The van der Waals surface area contributed by atoms with Crippen molar-refractivity contribution in [3.05, 3.63) is 18.2 Å². The van der Waals surface area contributed by atoms with Crippen LogP contribution in [-0.4, -0.2) is 18.8 Å². The predicted molar refractivity (Wildman–Crippen MR) is 44.8 cm³/mol. The van der Waals surface area contributed by atoms with Gasteiger partial charge in [-0.25, -0.2) is 8.42 Å². The smallest absolute Gasteiger partial charge is 0.261 e. The second-order valence-corrected chi connectivity index (χ2v) is 4.91. The fourth-order valence-electron chi connectivity index (χ4n) is 0.913. The van der Waals surface area contributed by atoms with Gasteiger partial charge in [-0.15, -0.1) is 5.10 Å². The van der Waals surface area contributed by atoms with Crippen LogP contribution < -0.4 is 0 Å². The molecular weight excluding hydrogens is 216 g/mol. The first-order valence-corrected chi connectivity index (χ1v) is 5.55. The number of fused-ring (bicyclic) bond motifs is 1. The topological polar surface area (TPSA) is 73.1 Å². The predicted octanol–water partition coefficient (Wildman–Crippen LogP) is 1.15. The molecular formula is C6H3ClN2O3S. The van der Waals surface area contributed by atoms with Crippen LogP contribution in [0.15, 0.2) is 27.6 Å². The highest BCUT2D eigenvalue weighted by Crippen LogP contribution is 2.19. The Bertz CT molecular complexity index is 548. The fourth-order valence-corrected chi connectivity index (χ4v) is 1.68. The van der Waals surface area contributed by atoms with Crippen molar-refractivity contribution in [3.63, 3.8) is 0 Å². The van der Waals surface area contributed by atoms with E-state index in [0.717, 1.165) is 0 Å². The summed E-state index contributed by atoms with van der Waals surface area (Å²) in [5.41, 5.74) is 0.783. The Hall–Kier alpha value is -1.14. The highest BCUT2D eigenvalue weighted by atomic mass is 35.7. The third kappa shape index (κ3) is 1.50. The maximum Gasteiger partial charge on any atom is 0.261 e. The van der Waals surface area contributed by atoms with Crippen LogP contribution in [0.5, 0.6) is 0 Å². The molecule has 0 bridgehead atoms. The van der Waals surface area contributed by atoms with E-state index in [-0.39, 0.29) is 4.90 Å². The Morgan fingerprint density at radius 1 is 1.38 bits per heavy atom. The van der Waals surface area contributed by atoms with Crippen molar-refractivity contribution in [2.45, 2.75) is 4.90 Å². The lowest BCUT2D eigenvalue weighted by atomic mass is 10.3. The van der Waals surface area contributed by atoms with Gasteiger partial charge in [-0.2, -0.15) is 0 Å². The van der Waals surface area contributed by atoms with Crippen molar-refractivity contribution >= 4 is 30.8 Å². The molecule has 7 heteroatoms. The molecule has 5 nitrogen and oxygen atoms in total. The van der Waals surface area contributed by atoms with Gasteiger partial charge in [-0.1, -0.05) is 0 Å². The number of rotatable bonds is 1. The minimum Gasteiger partial charge on any atom is -0.337 e. The molecule has 2 rings (SSSR count). The zero-order valence-electron chi connectivity index (χ0n) is 6.14. The van der Waals surface area contributed by atoms with Crippen LogP contribution in [0.3, 0.4) is 0 Å². The van der Waals surface area contributed by atoms with E-state index < -0.39 is 9.05 Å². The molecule has 68 valence electrons. The molecule has 0 atom stereocenters. The molecule has 0 aliphatic rings. The van der Waals surface area contributed by atoms with E-state index in [2.05, 4.69) is 14.9 Å². The molecule has 0 fully saturated rings. The molecule has 1 heterocycles. The van der Waals surface area contributed by atoms with Gasteiger partial charge in [-0.3, -0.25) is 0 Å². The number of hydrogen-bond donors (Lipinski definition) is 0. The highest BCUT2D eigenvalue weighted by Gasteiger charge is 2.11. The van der Waals surface area contributed by atoms with Crippen molar-refractivity contribution in [2.24, 2.45) is 0 Å². The van der Waals surface area contributed by atoms with Crippen molar-refractivity contribution in [2.75, 3.05) is 0 Å². The summed E-state index contributed by atoms with van der Waals surface area (Å²) in [5.74, 6) is 0. The van der Waals surface area contributed by atoms with E-state index in [1.807, 2.05) is 0 Å². The molecule has 0 N–H and O–H groups in total. The highest BCUT2D eigenvalue weighted by molar-refractivity contribution is 8.13. The molecule has 2 aromatic rings. The van der Waals surface area contributed by atoms with Gasteiger partial charge in [0.25, 0.3) is 9.05 Å². The first-order valence-electron chi connectivity index (χ1n) is 3.24. The van der Waals surface area contributed by atoms with Gasteiger partial charge in [0.2, 0.25) is 0 Å². The summed E-state index contributed by atoms with van der Waals surface area (Å²) in [7, 11) is 1.41. The summed E-state index contributed by atoms with van der Waals surface area (Å²) in [6, 6.07) is 4.08. The van der Waals surface area contributed by atoms with Gasteiger partial charge < -0.3 is 4.52 Å². The molecule has 0 aliphatic heterocycles. The average molecular weight is 219 g/mol. The van der Waals surface area contributed by atoms with Crippen molar-refractivity contribution in [1.29, 1.82) is 0 Å². The summed E-state index contributed by atoms with van der Waals surface area (Å²) < 4.78 is 26.5. The number of hydrogen-bond acceptors (Lipinski definition) is 5. The lowest BCUT2D eigenvalue weighted by molar-refractivity contribution is 0.424. The number of halogens is 1. The minimum atomic E-state index is -3.71. The summed E-state index contributed by atoms with van der Waals surface area (Å²) in [6.45, 7) is 0. The molecule has 0 amide bonds. The Balaban J connectivity index is 2.75. The van der Waals surface area contributed by atoms with Crippen LogP contribution in [0.25, 0.3) is 11.1 Å². The van der Waals surface area contributed by atoms with Crippen LogP contribution in [0.4, 0.5) is 0 Å². The third-order valence-electron chi connectivity index (χ3n) is 1.50. The third-order valence-corrected chi connectivity index (χ3v) is 2.85. The number of aromatic nitrogens is 2. The lowest BCUT2D eigenvalue weighted by Gasteiger charge is -1.92. The number of nitrogens with zero attached hydrogens (tertiary/aromatic N) is 2. The summed E-state index contributed by atoms with van der Waals surface area (Å²) in [6.07, 6.45) is 0. The molecule has 0 radical (unpaired) electrons. The first-order chi connectivity index (χ1) is 6.07. The molecule has 0 aliphatic carbocycles. The van der Waals surface area contributed by atoms with Gasteiger partial charge in [0.1, 0.15) is 5.52 Å². The molecule has 13 heavy (non-hydrogen) atoms. The standard InChI is InChI=1S/C6H3ClN2O3S/c7-13(10,11)4-1-2-6-5(3-4)8-9-12-6/h1-3H. The minimum absolute atomic E-state index is 0.0163. The zero-order chi connectivity index (χ0) is 9.47.